The normalized spacial score (nSPS) is 10.9. The maximum Gasteiger partial charge on any atom is 0.368 e. The number of nitrogens with zero attached hydrogens (tertiary/aromatic N) is 5. The minimum Gasteiger partial charge on any atom is -0.366 e. The van der Waals surface area contributed by atoms with Gasteiger partial charge in [0.05, 0.1) is 23.4 Å². The van der Waals surface area contributed by atoms with E-state index in [4.69, 9.17) is 5.73 Å². The molecule has 178 valence electrons. The van der Waals surface area contributed by atoms with Crippen LogP contribution in [-0.4, -0.2) is 38.7 Å². The van der Waals surface area contributed by atoms with Gasteiger partial charge < -0.3 is 10.6 Å². The Hall–Kier alpha value is -3.87. The van der Waals surface area contributed by atoms with Gasteiger partial charge in [-0.2, -0.15) is 9.36 Å². The van der Waals surface area contributed by atoms with E-state index in [2.05, 4.69) is 10.4 Å². The van der Waals surface area contributed by atoms with Crippen molar-refractivity contribution in [3.63, 3.8) is 0 Å². The minimum atomic E-state index is -0.675. The molecule has 0 unspecified atom stereocenters. The molecule has 0 saturated carbocycles. The predicted octanol–water partition coefficient (Wildman–Crippen LogP) is 2.90. The van der Waals surface area contributed by atoms with Crippen LogP contribution < -0.4 is 16.3 Å². The number of halogens is 2. The molecule has 1 aromatic heterocycles. The molecular formula is C24H20FIN6O3. The first-order valence-corrected chi connectivity index (χ1v) is 11.5. The number of aromatic nitrogens is 4. The number of nitrogens with two attached hydrogens (primary N) is 1. The van der Waals surface area contributed by atoms with Gasteiger partial charge in [-0.1, -0.05) is 18.2 Å². The van der Waals surface area contributed by atoms with Gasteiger partial charge in [0, 0.05) is 16.3 Å². The summed E-state index contributed by atoms with van der Waals surface area (Å²) in [7, 11) is 1.62. The van der Waals surface area contributed by atoms with Crippen molar-refractivity contribution in [2.45, 2.75) is 13.5 Å². The van der Waals surface area contributed by atoms with Crippen molar-refractivity contribution in [3.8, 4) is 5.69 Å². The Morgan fingerprint density at radius 3 is 2.46 bits per heavy atom. The monoisotopic (exact) mass is 586 g/mol. The van der Waals surface area contributed by atoms with Crippen molar-refractivity contribution in [1.82, 2.24) is 19.8 Å². The SMILES string of the molecule is Cc1cc(Cn2nnn(-c3ccc(F)cc3)c2=O)ccc1N(C)C(=O)c1c(I)cccc1C(N)=O. The summed E-state index contributed by atoms with van der Waals surface area (Å²) in [5.74, 6) is -1.45. The summed E-state index contributed by atoms with van der Waals surface area (Å²) in [4.78, 5) is 39.3. The number of tetrazole rings is 1. The van der Waals surface area contributed by atoms with Gasteiger partial charge in [0.25, 0.3) is 5.91 Å². The zero-order chi connectivity index (χ0) is 25.3. The van der Waals surface area contributed by atoms with Crippen molar-refractivity contribution >= 4 is 40.1 Å². The van der Waals surface area contributed by atoms with Crippen LogP contribution in [0.2, 0.25) is 0 Å². The van der Waals surface area contributed by atoms with Gasteiger partial charge in [0.2, 0.25) is 5.91 Å². The summed E-state index contributed by atoms with van der Waals surface area (Å²) in [6, 6.07) is 15.7. The first kappa shape index (κ1) is 24.3. The highest BCUT2D eigenvalue weighted by molar-refractivity contribution is 14.1. The molecule has 0 aliphatic heterocycles. The number of benzene rings is 3. The van der Waals surface area contributed by atoms with Gasteiger partial charge in [-0.05, 0) is 93.5 Å². The molecule has 2 amide bonds. The summed E-state index contributed by atoms with van der Waals surface area (Å²) in [6.45, 7) is 1.99. The Balaban J connectivity index is 1.58. The molecular weight excluding hydrogens is 566 g/mol. The first-order chi connectivity index (χ1) is 16.7. The Bertz CT molecular complexity index is 1500. The third kappa shape index (κ3) is 4.85. The summed E-state index contributed by atoms with van der Waals surface area (Å²) < 4.78 is 16.1. The van der Waals surface area contributed by atoms with Crippen molar-refractivity contribution in [3.05, 3.63) is 103 Å². The Morgan fingerprint density at radius 2 is 1.80 bits per heavy atom. The minimum absolute atomic E-state index is 0.154. The van der Waals surface area contributed by atoms with E-state index in [0.717, 1.165) is 15.8 Å². The second kappa shape index (κ2) is 9.78. The number of anilines is 1. The number of carbonyl (C=O) groups excluding carboxylic acids is 2. The number of rotatable bonds is 6. The largest absolute Gasteiger partial charge is 0.368 e. The number of hydrogen-bond acceptors (Lipinski definition) is 5. The zero-order valence-corrected chi connectivity index (χ0v) is 20.9. The van der Waals surface area contributed by atoms with Gasteiger partial charge in [0.1, 0.15) is 5.82 Å². The molecule has 3 aromatic carbocycles. The fourth-order valence-corrected chi connectivity index (χ4v) is 4.44. The van der Waals surface area contributed by atoms with Gasteiger partial charge in [-0.25, -0.2) is 9.18 Å². The quantitative estimate of drug-likeness (QED) is 0.349. The van der Waals surface area contributed by atoms with E-state index in [-0.39, 0.29) is 23.6 Å². The van der Waals surface area contributed by atoms with Crippen LogP contribution in [0.25, 0.3) is 5.69 Å². The lowest BCUT2D eigenvalue weighted by molar-refractivity contribution is 0.0963. The number of carbonyl (C=O) groups is 2. The average molecular weight is 586 g/mol. The fourth-order valence-electron chi connectivity index (χ4n) is 3.71. The predicted molar refractivity (Wildman–Crippen MR) is 136 cm³/mol. The van der Waals surface area contributed by atoms with E-state index in [1.807, 2.05) is 35.6 Å². The average Bonchev–Trinajstić information content (AvgIpc) is 3.18. The van der Waals surface area contributed by atoms with Crippen LogP contribution in [-0.2, 0) is 6.54 Å². The number of aryl methyl sites for hydroxylation is 1. The number of amides is 2. The lowest BCUT2D eigenvalue weighted by Gasteiger charge is -2.22. The fraction of sp³-hybridized carbons (Fsp3) is 0.125. The summed E-state index contributed by atoms with van der Waals surface area (Å²) in [5, 5.41) is 7.79. The van der Waals surface area contributed by atoms with E-state index in [0.29, 0.717) is 14.9 Å². The van der Waals surface area contributed by atoms with Crippen LogP contribution in [0.1, 0.15) is 31.8 Å². The lowest BCUT2D eigenvalue weighted by Crippen LogP contribution is -2.30. The standard InChI is InChI=1S/C24H20FIN6O3/c1-14-12-15(13-31-24(35)32(29-28-31)17-9-7-16(25)8-10-17)6-11-20(14)30(2)23(34)21-18(22(27)33)4-3-5-19(21)26/h3-12H,13H2,1-2H3,(H2,27,33). The van der Waals surface area contributed by atoms with Crippen molar-refractivity contribution < 1.29 is 14.0 Å². The molecule has 0 atom stereocenters. The molecule has 4 aromatic rings. The molecule has 9 nitrogen and oxygen atoms in total. The van der Waals surface area contributed by atoms with E-state index in [1.54, 1.807) is 31.3 Å². The van der Waals surface area contributed by atoms with E-state index in [9.17, 15) is 18.8 Å². The van der Waals surface area contributed by atoms with E-state index >= 15 is 0 Å². The molecule has 35 heavy (non-hydrogen) atoms. The smallest absolute Gasteiger partial charge is 0.366 e. The lowest BCUT2D eigenvalue weighted by atomic mass is 10.0. The molecule has 2 N–H and O–H groups in total. The first-order valence-electron chi connectivity index (χ1n) is 10.4. The molecule has 0 spiro atoms. The van der Waals surface area contributed by atoms with Crippen LogP contribution in [0.4, 0.5) is 10.1 Å². The van der Waals surface area contributed by atoms with E-state index < -0.39 is 17.4 Å². The van der Waals surface area contributed by atoms with Gasteiger partial charge >= 0.3 is 5.69 Å². The summed E-state index contributed by atoms with van der Waals surface area (Å²) >= 11 is 2.00. The number of hydrogen-bond donors (Lipinski definition) is 1. The third-order valence-corrected chi connectivity index (χ3v) is 6.36. The maximum absolute atomic E-state index is 13.2. The van der Waals surface area contributed by atoms with Crippen molar-refractivity contribution in [1.29, 1.82) is 0 Å². The Morgan fingerprint density at radius 1 is 1.09 bits per heavy atom. The second-order valence-electron chi connectivity index (χ2n) is 7.82. The van der Waals surface area contributed by atoms with Crippen LogP contribution in [0.3, 0.4) is 0 Å². The van der Waals surface area contributed by atoms with Gasteiger partial charge in [0.15, 0.2) is 0 Å². The molecule has 1 heterocycles. The number of primary amides is 1. The van der Waals surface area contributed by atoms with Gasteiger partial charge in [-0.3, -0.25) is 9.59 Å². The molecule has 0 radical (unpaired) electrons. The highest BCUT2D eigenvalue weighted by Gasteiger charge is 2.23. The van der Waals surface area contributed by atoms with Gasteiger partial charge in [-0.15, -0.1) is 0 Å². The summed E-state index contributed by atoms with van der Waals surface area (Å²) in [6.07, 6.45) is 0. The van der Waals surface area contributed by atoms with Crippen LogP contribution in [0.5, 0.6) is 0 Å². The second-order valence-corrected chi connectivity index (χ2v) is 8.98. The Labute approximate surface area is 213 Å². The van der Waals surface area contributed by atoms with Crippen LogP contribution in [0.15, 0.2) is 65.5 Å². The zero-order valence-electron chi connectivity index (χ0n) is 18.8. The highest BCUT2D eigenvalue weighted by atomic mass is 127. The van der Waals surface area contributed by atoms with Crippen LogP contribution in [0, 0.1) is 16.3 Å². The molecule has 11 heteroatoms. The molecule has 0 aliphatic rings. The van der Waals surface area contributed by atoms with E-state index in [1.165, 1.54) is 39.9 Å². The molecule has 0 fully saturated rings. The molecule has 4 rings (SSSR count). The molecule has 0 saturated heterocycles. The summed E-state index contributed by atoms with van der Waals surface area (Å²) in [5.41, 5.74) is 8.00. The van der Waals surface area contributed by atoms with Crippen molar-refractivity contribution in [2.24, 2.45) is 5.73 Å². The maximum atomic E-state index is 13.2. The third-order valence-electron chi connectivity index (χ3n) is 5.46. The Kier molecular flexibility index (Phi) is 6.78. The van der Waals surface area contributed by atoms with Crippen LogP contribution >= 0.6 is 22.6 Å². The highest BCUT2D eigenvalue weighted by Crippen LogP contribution is 2.25. The topological polar surface area (TPSA) is 116 Å². The molecule has 0 bridgehead atoms. The van der Waals surface area contributed by atoms with Crippen molar-refractivity contribution in [2.75, 3.05) is 11.9 Å². The molecule has 0 aliphatic carbocycles.